The van der Waals surface area contributed by atoms with Crippen LogP contribution in [0.4, 0.5) is 0 Å². The summed E-state index contributed by atoms with van der Waals surface area (Å²) < 4.78 is 3.30. The Morgan fingerprint density at radius 2 is 1.48 bits per heavy atom. The molecule has 3 aromatic carbocycles. The molecule has 0 aliphatic carbocycles. The van der Waals surface area contributed by atoms with Crippen LogP contribution in [-0.4, -0.2) is 9.55 Å². The standard InChI is InChI=1S/C20H15IN2/c21-20-22-18-12-11-17(16-9-5-2-6-10-16)13-19(18)23(20)14-15-7-3-1-4-8-15/h1-13H,14H2. The van der Waals surface area contributed by atoms with E-state index >= 15 is 0 Å². The van der Waals surface area contributed by atoms with Crippen LogP contribution in [-0.2, 0) is 6.54 Å². The monoisotopic (exact) mass is 410 g/mol. The highest BCUT2D eigenvalue weighted by Gasteiger charge is 2.10. The minimum Gasteiger partial charge on any atom is -0.315 e. The Kier molecular flexibility index (Phi) is 3.87. The van der Waals surface area contributed by atoms with E-state index in [1.54, 1.807) is 0 Å². The lowest BCUT2D eigenvalue weighted by Gasteiger charge is -2.07. The molecule has 0 aliphatic heterocycles. The van der Waals surface area contributed by atoms with Crippen LogP contribution in [0.3, 0.4) is 0 Å². The van der Waals surface area contributed by atoms with E-state index < -0.39 is 0 Å². The highest BCUT2D eigenvalue weighted by molar-refractivity contribution is 14.1. The van der Waals surface area contributed by atoms with Gasteiger partial charge >= 0.3 is 0 Å². The molecule has 0 saturated heterocycles. The maximum atomic E-state index is 4.69. The Hall–Kier alpha value is -2.14. The third-order valence-electron chi connectivity index (χ3n) is 3.99. The molecular weight excluding hydrogens is 395 g/mol. The summed E-state index contributed by atoms with van der Waals surface area (Å²) in [5.41, 5.74) is 5.97. The zero-order valence-corrected chi connectivity index (χ0v) is 14.6. The molecule has 0 radical (unpaired) electrons. The van der Waals surface area contributed by atoms with Crippen molar-refractivity contribution in [2.24, 2.45) is 0 Å². The van der Waals surface area contributed by atoms with Crippen molar-refractivity contribution in [3.05, 3.63) is 88.3 Å². The average molecular weight is 410 g/mol. The summed E-state index contributed by atoms with van der Waals surface area (Å²) in [6, 6.07) is 27.5. The number of imidazole rings is 1. The van der Waals surface area contributed by atoms with Gasteiger partial charge < -0.3 is 4.57 Å². The molecule has 3 heteroatoms. The van der Waals surface area contributed by atoms with Gasteiger partial charge in [0.05, 0.1) is 17.6 Å². The van der Waals surface area contributed by atoms with Gasteiger partial charge in [0.1, 0.15) is 0 Å². The molecule has 0 unspecified atom stereocenters. The summed E-state index contributed by atoms with van der Waals surface area (Å²) in [6.45, 7) is 0.841. The largest absolute Gasteiger partial charge is 0.315 e. The van der Waals surface area contributed by atoms with Crippen LogP contribution in [0.25, 0.3) is 22.2 Å². The third kappa shape index (κ3) is 2.88. The minimum absolute atomic E-state index is 0.841. The molecule has 0 atom stereocenters. The van der Waals surface area contributed by atoms with E-state index in [4.69, 9.17) is 4.98 Å². The molecule has 0 N–H and O–H groups in total. The average Bonchev–Trinajstić information content (AvgIpc) is 2.92. The summed E-state index contributed by atoms with van der Waals surface area (Å²) in [5, 5.41) is 0. The topological polar surface area (TPSA) is 17.8 Å². The van der Waals surface area contributed by atoms with Gasteiger partial charge in [-0.25, -0.2) is 4.98 Å². The van der Waals surface area contributed by atoms with Crippen molar-refractivity contribution < 1.29 is 0 Å². The van der Waals surface area contributed by atoms with Gasteiger partial charge in [-0.15, -0.1) is 0 Å². The smallest absolute Gasteiger partial charge is 0.172 e. The number of hydrogen-bond acceptors (Lipinski definition) is 1. The maximum absolute atomic E-state index is 4.69. The molecule has 112 valence electrons. The van der Waals surface area contributed by atoms with Crippen LogP contribution in [0.2, 0.25) is 0 Å². The lowest BCUT2D eigenvalue weighted by Crippen LogP contribution is -2.01. The lowest BCUT2D eigenvalue weighted by atomic mass is 10.1. The van der Waals surface area contributed by atoms with E-state index in [2.05, 4.69) is 93.9 Å². The molecule has 2 nitrogen and oxygen atoms in total. The van der Waals surface area contributed by atoms with Crippen LogP contribution in [0, 0.1) is 3.83 Å². The first kappa shape index (κ1) is 14.5. The molecule has 0 saturated carbocycles. The Bertz CT molecular complexity index is 943. The van der Waals surface area contributed by atoms with E-state index in [0.717, 1.165) is 15.9 Å². The number of nitrogens with zero attached hydrogens (tertiary/aromatic N) is 2. The van der Waals surface area contributed by atoms with Gasteiger partial charge in [-0.05, 0) is 51.4 Å². The quantitative estimate of drug-likeness (QED) is 0.416. The SMILES string of the molecule is Ic1nc2ccc(-c3ccccc3)cc2n1Cc1ccccc1. The number of rotatable bonds is 3. The van der Waals surface area contributed by atoms with Crippen LogP contribution in [0.15, 0.2) is 78.9 Å². The second-order valence-corrected chi connectivity index (χ2v) is 6.49. The number of aromatic nitrogens is 2. The van der Waals surface area contributed by atoms with E-state index in [-0.39, 0.29) is 0 Å². The molecule has 1 aromatic heterocycles. The van der Waals surface area contributed by atoms with Gasteiger partial charge in [-0.1, -0.05) is 66.7 Å². The Morgan fingerprint density at radius 3 is 2.22 bits per heavy atom. The van der Waals surface area contributed by atoms with E-state index in [1.807, 2.05) is 12.1 Å². The summed E-state index contributed by atoms with van der Waals surface area (Å²) in [4.78, 5) is 4.69. The van der Waals surface area contributed by atoms with Gasteiger partial charge in [0.15, 0.2) is 3.83 Å². The van der Waals surface area contributed by atoms with E-state index in [9.17, 15) is 0 Å². The van der Waals surface area contributed by atoms with Crippen molar-refractivity contribution in [2.45, 2.75) is 6.54 Å². The summed E-state index contributed by atoms with van der Waals surface area (Å²) in [7, 11) is 0. The zero-order valence-electron chi connectivity index (χ0n) is 12.5. The molecule has 23 heavy (non-hydrogen) atoms. The molecule has 0 amide bonds. The Labute approximate surface area is 148 Å². The lowest BCUT2D eigenvalue weighted by molar-refractivity contribution is 0.798. The highest BCUT2D eigenvalue weighted by Crippen LogP contribution is 2.26. The highest BCUT2D eigenvalue weighted by atomic mass is 127. The number of hydrogen-bond donors (Lipinski definition) is 0. The first-order valence-corrected chi connectivity index (χ1v) is 8.64. The first-order valence-electron chi connectivity index (χ1n) is 7.56. The fourth-order valence-electron chi connectivity index (χ4n) is 2.82. The van der Waals surface area contributed by atoms with Crippen LogP contribution < -0.4 is 0 Å². The first-order chi connectivity index (χ1) is 11.3. The van der Waals surface area contributed by atoms with Crippen LogP contribution >= 0.6 is 22.6 Å². The Balaban J connectivity index is 1.82. The fraction of sp³-hybridized carbons (Fsp3) is 0.0500. The van der Waals surface area contributed by atoms with Gasteiger partial charge in [-0.2, -0.15) is 0 Å². The number of halogens is 1. The second kappa shape index (κ2) is 6.16. The molecule has 4 rings (SSSR count). The van der Waals surface area contributed by atoms with E-state index in [0.29, 0.717) is 0 Å². The molecule has 0 bridgehead atoms. The van der Waals surface area contributed by atoms with Crippen molar-refractivity contribution in [1.82, 2.24) is 9.55 Å². The molecule has 1 heterocycles. The fourth-order valence-corrected chi connectivity index (χ4v) is 3.51. The van der Waals surface area contributed by atoms with Crippen LogP contribution in [0.1, 0.15) is 5.56 Å². The maximum Gasteiger partial charge on any atom is 0.172 e. The van der Waals surface area contributed by atoms with Gasteiger partial charge in [0, 0.05) is 0 Å². The number of fused-ring (bicyclic) bond motifs is 1. The van der Waals surface area contributed by atoms with Crippen molar-refractivity contribution in [3.63, 3.8) is 0 Å². The molecule has 0 aliphatic rings. The normalized spacial score (nSPS) is 11.0. The second-order valence-electron chi connectivity index (χ2n) is 5.52. The van der Waals surface area contributed by atoms with Crippen molar-refractivity contribution in [2.75, 3.05) is 0 Å². The summed E-state index contributed by atoms with van der Waals surface area (Å²) in [6.07, 6.45) is 0. The molecule has 0 spiro atoms. The van der Waals surface area contributed by atoms with Gasteiger partial charge in [0.2, 0.25) is 0 Å². The van der Waals surface area contributed by atoms with E-state index in [1.165, 1.54) is 22.2 Å². The molecule has 4 aromatic rings. The third-order valence-corrected chi connectivity index (χ3v) is 4.82. The van der Waals surface area contributed by atoms with Crippen molar-refractivity contribution in [3.8, 4) is 11.1 Å². The Morgan fingerprint density at radius 1 is 0.783 bits per heavy atom. The summed E-state index contributed by atoms with van der Waals surface area (Å²) in [5.74, 6) is 0. The molecule has 0 fully saturated rings. The minimum atomic E-state index is 0.841. The van der Waals surface area contributed by atoms with Gasteiger partial charge in [0.25, 0.3) is 0 Å². The van der Waals surface area contributed by atoms with Crippen molar-refractivity contribution in [1.29, 1.82) is 0 Å². The zero-order chi connectivity index (χ0) is 15.6. The van der Waals surface area contributed by atoms with Crippen molar-refractivity contribution >= 4 is 33.6 Å². The van der Waals surface area contributed by atoms with Gasteiger partial charge in [-0.3, -0.25) is 0 Å². The summed E-state index contributed by atoms with van der Waals surface area (Å²) >= 11 is 2.32. The predicted octanol–water partition coefficient (Wildman–Crippen LogP) is 5.36. The van der Waals surface area contributed by atoms with Crippen LogP contribution in [0.5, 0.6) is 0 Å². The number of benzene rings is 3. The molecular formula is C20H15IN2. The predicted molar refractivity (Wildman–Crippen MR) is 103 cm³/mol.